The van der Waals surface area contributed by atoms with Gasteiger partial charge >= 0.3 is 0 Å². The zero-order valence-electron chi connectivity index (χ0n) is 9.40. The maximum atomic E-state index is 11.6. The summed E-state index contributed by atoms with van der Waals surface area (Å²) in [6, 6.07) is 0. The summed E-state index contributed by atoms with van der Waals surface area (Å²) in [5.74, 6) is 1.44. The van der Waals surface area contributed by atoms with Crippen LogP contribution in [-0.2, 0) is 9.59 Å². The highest BCUT2D eigenvalue weighted by Crippen LogP contribution is 2.19. The Balaban J connectivity index is 2.61. The molecule has 1 rings (SSSR count). The van der Waals surface area contributed by atoms with Crippen LogP contribution in [0.2, 0.25) is 0 Å². The first kappa shape index (κ1) is 12.6. The number of carbonyl (C=O) groups excluding carboxylic acids is 2. The van der Waals surface area contributed by atoms with Gasteiger partial charge in [-0.15, -0.1) is 0 Å². The minimum atomic E-state index is -0.0151. The highest BCUT2D eigenvalue weighted by molar-refractivity contribution is 7.80. The normalized spacial score (nSPS) is 19.9. The molecule has 0 aliphatic carbocycles. The lowest BCUT2D eigenvalue weighted by atomic mass is 9.96. The first-order valence-electron chi connectivity index (χ1n) is 5.50. The van der Waals surface area contributed by atoms with Crippen molar-refractivity contribution in [1.82, 2.24) is 4.90 Å². The van der Waals surface area contributed by atoms with Crippen LogP contribution in [0.4, 0.5) is 0 Å². The van der Waals surface area contributed by atoms with Gasteiger partial charge in [-0.05, 0) is 24.0 Å². The summed E-state index contributed by atoms with van der Waals surface area (Å²) in [4.78, 5) is 24.5. The number of thiol groups is 1. The van der Waals surface area contributed by atoms with Crippen LogP contribution in [0.15, 0.2) is 0 Å². The van der Waals surface area contributed by atoms with E-state index in [1.54, 1.807) is 0 Å². The van der Waals surface area contributed by atoms with E-state index in [0.717, 1.165) is 0 Å². The van der Waals surface area contributed by atoms with E-state index < -0.39 is 0 Å². The molecule has 0 bridgehead atoms. The highest BCUT2D eigenvalue weighted by Gasteiger charge is 2.28. The van der Waals surface area contributed by atoms with Gasteiger partial charge < -0.3 is 0 Å². The van der Waals surface area contributed by atoms with E-state index in [1.165, 1.54) is 4.90 Å². The van der Waals surface area contributed by atoms with Gasteiger partial charge in [0.05, 0.1) is 0 Å². The highest BCUT2D eigenvalue weighted by atomic mass is 32.1. The topological polar surface area (TPSA) is 37.4 Å². The lowest BCUT2D eigenvalue weighted by molar-refractivity contribution is -0.148. The summed E-state index contributed by atoms with van der Waals surface area (Å²) in [6.07, 6.45) is 1.74. The molecular formula is C11H19NO2S. The molecular weight excluding hydrogens is 210 g/mol. The SMILES string of the molecule is CC(C)C(CS)CN1C(=O)CCCC1=O. The van der Waals surface area contributed by atoms with Crippen molar-refractivity contribution in [3.63, 3.8) is 0 Å². The lowest BCUT2D eigenvalue weighted by Crippen LogP contribution is -2.44. The average molecular weight is 229 g/mol. The molecule has 0 aromatic heterocycles. The van der Waals surface area contributed by atoms with E-state index >= 15 is 0 Å². The predicted octanol–water partition coefficient (Wildman–Crippen LogP) is 1.73. The average Bonchev–Trinajstić information content (AvgIpc) is 2.17. The molecule has 1 saturated heterocycles. The largest absolute Gasteiger partial charge is 0.282 e. The third kappa shape index (κ3) is 3.23. The maximum Gasteiger partial charge on any atom is 0.229 e. The molecule has 1 heterocycles. The third-order valence-electron chi connectivity index (χ3n) is 2.98. The molecule has 0 aromatic rings. The van der Waals surface area contributed by atoms with Crippen LogP contribution in [-0.4, -0.2) is 29.0 Å². The van der Waals surface area contributed by atoms with Crippen molar-refractivity contribution in [3.05, 3.63) is 0 Å². The summed E-state index contributed by atoms with van der Waals surface area (Å²) < 4.78 is 0. The monoisotopic (exact) mass is 229 g/mol. The molecule has 4 heteroatoms. The summed E-state index contributed by atoms with van der Waals surface area (Å²) in [5.41, 5.74) is 0. The van der Waals surface area contributed by atoms with Crippen molar-refractivity contribution in [3.8, 4) is 0 Å². The quantitative estimate of drug-likeness (QED) is 0.589. The van der Waals surface area contributed by atoms with E-state index in [0.29, 0.717) is 43.4 Å². The second kappa shape index (κ2) is 5.54. The van der Waals surface area contributed by atoms with Crippen molar-refractivity contribution in [2.45, 2.75) is 33.1 Å². The molecule has 1 fully saturated rings. The number of carbonyl (C=O) groups is 2. The Kier molecular flexibility index (Phi) is 4.64. The number of piperidine rings is 1. The van der Waals surface area contributed by atoms with E-state index in [4.69, 9.17) is 0 Å². The van der Waals surface area contributed by atoms with Crippen LogP contribution in [0.5, 0.6) is 0 Å². The van der Waals surface area contributed by atoms with Crippen molar-refractivity contribution in [2.24, 2.45) is 11.8 Å². The molecule has 15 heavy (non-hydrogen) atoms. The van der Waals surface area contributed by atoms with Crippen LogP contribution in [0.3, 0.4) is 0 Å². The van der Waals surface area contributed by atoms with Crippen molar-refractivity contribution >= 4 is 24.4 Å². The van der Waals surface area contributed by atoms with Crippen molar-refractivity contribution in [2.75, 3.05) is 12.3 Å². The molecule has 1 aliphatic rings. The fourth-order valence-corrected chi connectivity index (χ4v) is 2.25. The fraction of sp³-hybridized carbons (Fsp3) is 0.818. The van der Waals surface area contributed by atoms with Gasteiger partial charge in [-0.3, -0.25) is 14.5 Å². The Hall–Kier alpha value is -0.510. The van der Waals surface area contributed by atoms with E-state index in [9.17, 15) is 9.59 Å². The maximum absolute atomic E-state index is 11.6. The minimum absolute atomic E-state index is 0.0151. The number of nitrogens with zero attached hydrogens (tertiary/aromatic N) is 1. The molecule has 0 spiro atoms. The predicted molar refractivity (Wildman–Crippen MR) is 62.8 cm³/mol. The van der Waals surface area contributed by atoms with E-state index in [1.807, 2.05) is 0 Å². The van der Waals surface area contributed by atoms with Crippen LogP contribution in [0.1, 0.15) is 33.1 Å². The Morgan fingerprint density at radius 1 is 1.27 bits per heavy atom. The van der Waals surface area contributed by atoms with Gasteiger partial charge in [-0.25, -0.2) is 0 Å². The minimum Gasteiger partial charge on any atom is -0.282 e. The Morgan fingerprint density at radius 2 is 1.80 bits per heavy atom. The standard InChI is InChI=1S/C11H19NO2S/c1-8(2)9(7-15)6-12-10(13)4-3-5-11(12)14/h8-9,15H,3-7H2,1-2H3. The number of amides is 2. The zero-order valence-corrected chi connectivity index (χ0v) is 10.3. The van der Waals surface area contributed by atoms with Crippen LogP contribution in [0.25, 0.3) is 0 Å². The number of imide groups is 1. The molecule has 86 valence electrons. The van der Waals surface area contributed by atoms with Crippen molar-refractivity contribution < 1.29 is 9.59 Å². The van der Waals surface area contributed by atoms with Gasteiger partial charge in [-0.2, -0.15) is 12.6 Å². The smallest absolute Gasteiger partial charge is 0.229 e. The third-order valence-corrected chi connectivity index (χ3v) is 3.45. The van der Waals surface area contributed by atoms with Gasteiger partial charge in [0, 0.05) is 19.4 Å². The Bertz CT molecular complexity index is 237. The molecule has 2 amide bonds. The second-order valence-corrected chi connectivity index (χ2v) is 4.80. The Morgan fingerprint density at radius 3 is 2.20 bits per heavy atom. The summed E-state index contributed by atoms with van der Waals surface area (Å²) in [6.45, 7) is 4.73. The molecule has 0 radical (unpaired) electrons. The zero-order chi connectivity index (χ0) is 11.4. The van der Waals surface area contributed by atoms with Gasteiger partial charge in [-0.1, -0.05) is 13.8 Å². The number of hydrogen-bond donors (Lipinski definition) is 1. The first-order chi connectivity index (χ1) is 7.06. The molecule has 0 N–H and O–H groups in total. The van der Waals surface area contributed by atoms with Gasteiger partial charge in [0.15, 0.2) is 0 Å². The summed E-state index contributed by atoms with van der Waals surface area (Å²) >= 11 is 4.26. The number of rotatable bonds is 4. The molecule has 0 aromatic carbocycles. The summed E-state index contributed by atoms with van der Waals surface area (Å²) in [5, 5.41) is 0. The molecule has 1 unspecified atom stereocenters. The van der Waals surface area contributed by atoms with Crippen LogP contribution >= 0.6 is 12.6 Å². The Labute approximate surface area is 96.6 Å². The van der Waals surface area contributed by atoms with Crippen molar-refractivity contribution in [1.29, 1.82) is 0 Å². The lowest BCUT2D eigenvalue weighted by Gasteiger charge is -2.30. The fourth-order valence-electron chi connectivity index (χ4n) is 1.72. The van der Waals surface area contributed by atoms with E-state index in [-0.39, 0.29) is 11.8 Å². The molecule has 1 aliphatic heterocycles. The molecule has 0 saturated carbocycles. The molecule has 1 atom stereocenters. The number of hydrogen-bond acceptors (Lipinski definition) is 3. The second-order valence-electron chi connectivity index (χ2n) is 4.44. The first-order valence-corrected chi connectivity index (χ1v) is 6.13. The van der Waals surface area contributed by atoms with Gasteiger partial charge in [0.2, 0.25) is 11.8 Å². The van der Waals surface area contributed by atoms with Gasteiger partial charge in [0.1, 0.15) is 0 Å². The molecule has 3 nitrogen and oxygen atoms in total. The van der Waals surface area contributed by atoms with E-state index in [2.05, 4.69) is 26.5 Å². The summed E-state index contributed by atoms with van der Waals surface area (Å²) in [7, 11) is 0. The van der Waals surface area contributed by atoms with Crippen LogP contribution < -0.4 is 0 Å². The van der Waals surface area contributed by atoms with Gasteiger partial charge in [0.25, 0.3) is 0 Å². The van der Waals surface area contributed by atoms with Crippen LogP contribution in [0, 0.1) is 11.8 Å². The number of likely N-dealkylation sites (tertiary alicyclic amines) is 1.